The molecule has 1 atom stereocenters. The van der Waals surface area contributed by atoms with Gasteiger partial charge in [-0.2, -0.15) is 0 Å². The standard InChI is InChI=1S/C18H18FNOS/c1-20-11-9-16(13-5-3-2-4-6-13)21-17-8-7-15(19)14-10-12-22-18(14)17/h2-8,10,12,16,20H,9,11H2,1H3. The van der Waals surface area contributed by atoms with Gasteiger partial charge in [-0.05, 0) is 42.7 Å². The van der Waals surface area contributed by atoms with Crippen LogP contribution in [-0.2, 0) is 0 Å². The Morgan fingerprint density at radius 1 is 1.14 bits per heavy atom. The summed E-state index contributed by atoms with van der Waals surface area (Å²) in [5.74, 6) is 0.548. The number of benzene rings is 2. The van der Waals surface area contributed by atoms with E-state index in [0.717, 1.165) is 29.0 Å². The van der Waals surface area contributed by atoms with Gasteiger partial charge in [0.25, 0.3) is 0 Å². The molecule has 0 saturated carbocycles. The monoisotopic (exact) mass is 315 g/mol. The number of fused-ring (bicyclic) bond motifs is 1. The largest absolute Gasteiger partial charge is 0.484 e. The zero-order valence-corrected chi connectivity index (χ0v) is 13.2. The summed E-state index contributed by atoms with van der Waals surface area (Å²) in [6.07, 6.45) is 0.800. The van der Waals surface area contributed by atoms with Crippen molar-refractivity contribution < 1.29 is 9.13 Å². The molecule has 0 fully saturated rings. The fourth-order valence-electron chi connectivity index (χ4n) is 2.49. The Hall–Kier alpha value is -1.91. The average molecular weight is 315 g/mol. The molecule has 0 aliphatic carbocycles. The molecule has 22 heavy (non-hydrogen) atoms. The van der Waals surface area contributed by atoms with E-state index in [1.807, 2.05) is 30.6 Å². The van der Waals surface area contributed by atoms with Crippen LogP contribution in [0, 0.1) is 5.82 Å². The Bertz CT molecular complexity index is 741. The van der Waals surface area contributed by atoms with Crippen LogP contribution in [0.15, 0.2) is 53.9 Å². The van der Waals surface area contributed by atoms with Crippen LogP contribution in [0.3, 0.4) is 0 Å². The molecule has 0 aliphatic rings. The molecule has 0 amide bonds. The van der Waals surface area contributed by atoms with E-state index in [0.29, 0.717) is 5.39 Å². The minimum absolute atomic E-state index is 0.0515. The van der Waals surface area contributed by atoms with E-state index in [-0.39, 0.29) is 11.9 Å². The minimum Gasteiger partial charge on any atom is -0.484 e. The fraction of sp³-hybridized carbons (Fsp3) is 0.222. The Kier molecular flexibility index (Phi) is 4.71. The lowest BCUT2D eigenvalue weighted by atomic mass is 10.1. The lowest BCUT2D eigenvalue weighted by Gasteiger charge is -2.20. The highest BCUT2D eigenvalue weighted by Crippen LogP contribution is 2.35. The van der Waals surface area contributed by atoms with Crippen molar-refractivity contribution in [3.63, 3.8) is 0 Å². The molecule has 1 N–H and O–H groups in total. The maximum Gasteiger partial charge on any atom is 0.138 e. The molecule has 3 rings (SSSR count). The normalized spacial score (nSPS) is 12.5. The highest BCUT2D eigenvalue weighted by Gasteiger charge is 2.16. The van der Waals surface area contributed by atoms with Crippen molar-refractivity contribution >= 4 is 21.4 Å². The number of ether oxygens (including phenoxy) is 1. The topological polar surface area (TPSA) is 21.3 Å². The number of hydrogen-bond acceptors (Lipinski definition) is 3. The van der Waals surface area contributed by atoms with Crippen LogP contribution in [0.5, 0.6) is 5.75 Å². The lowest BCUT2D eigenvalue weighted by Crippen LogP contribution is -2.16. The van der Waals surface area contributed by atoms with Crippen molar-refractivity contribution in [2.24, 2.45) is 0 Å². The molecule has 4 heteroatoms. The first-order chi connectivity index (χ1) is 10.8. The lowest BCUT2D eigenvalue weighted by molar-refractivity contribution is 0.198. The Morgan fingerprint density at radius 2 is 1.95 bits per heavy atom. The summed E-state index contributed by atoms with van der Waals surface area (Å²) in [5.41, 5.74) is 1.13. The molecule has 3 aromatic rings. The van der Waals surface area contributed by atoms with Gasteiger partial charge in [0.05, 0.1) is 4.70 Å². The first-order valence-electron chi connectivity index (χ1n) is 7.31. The summed E-state index contributed by atoms with van der Waals surface area (Å²) in [6.45, 7) is 0.855. The molecule has 0 spiro atoms. The van der Waals surface area contributed by atoms with Gasteiger partial charge in [0.1, 0.15) is 17.7 Å². The van der Waals surface area contributed by atoms with E-state index in [9.17, 15) is 4.39 Å². The molecule has 114 valence electrons. The fourth-order valence-corrected chi connectivity index (χ4v) is 3.35. The third-order valence-electron chi connectivity index (χ3n) is 3.62. The summed E-state index contributed by atoms with van der Waals surface area (Å²) in [7, 11) is 1.93. The Labute approximate surface area is 133 Å². The predicted octanol–water partition coefficient (Wildman–Crippen LogP) is 4.77. The van der Waals surface area contributed by atoms with Gasteiger partial charge in [0, 0.05) is 11.8 Å². The van der Waals surface area contributed by atoms with Crippen molar-refractivity contribution in [1.82, 2.24) is 5.32 Å². The van der Waals surface area contributed by atoms with Gasteiger partial charge in [0.2, 0.25) is 0 Å². The van der Waals surface area contributed by atoms with Crippen LogP contribution in [-0.4, -0.2) is 13.6 Å². The average Bonchev–Trinajstić information content (AvgIpc) is 3.05. The molecule has 0 aliphatic heterocycles. The summed E-state index contributed by atoms with van der Waals surface area (Å²) in [5, 5.41) is 5.68. The molecule has 2 nitrogen and oxygen atoms in total. The minimum atomic E-state index is -0.199. The van der Waals surface area contributed by atoms with Crippen LogP contribution >= 0.6 is 11.3 Å². The van der Waals surface area contributed by atoms with Gasteiger partial charge in [-0.25, -0.2) is 4.39 Å². The number of halogens is 1. The highest BCUT2D eigenvalue weighted by molar-refractivity contribution is 7.17. The van der Waals surface area contributed by atoms with Crippen molar-refractivity contribution in [2.45, 2.75) is 12.5 Å². The molecule has 0 radical (unpaired) electrons. The van der Waals surface area contributed by atoms with E-state index in [1.54, 1.807) is 12.1 Å². The second-order valence-corrected chi connectivity index (χ2v) is 6.03. The molecular weight excluding hydrogens is 297 g/mol. The van der Waals surface area contributed by atoms with Gasteiger partial charge in [-0.3, -0.25) is 0 Å². The van der Waals surface area contributed by atoms with Gasteiger partial charge >= 0.3 is 0 Å². The molecule has 0 bridgehead atoms. The smallest absolute Gasteiger partial charge is 0.138 e. The highest BCUT2D eigenvalue weighted by atomic mass is 32.1. The zero-order valence-electron chi connectivity index (χ0n) is 12.4. The number of hydrogen-bond donors (Lipinski definition) is 1. The van der Waals surface area contributed by atoms with E-state index >= 15 is 0 Å². The van der Waals surface area contributed by atoms with Crippen LogP contribution in [0.2, 0.25) is 0 Å². The molecule has 2 aromatic carbocycles. The van der Waals surface area contributed by atoms with E-state index in [4.69, 9.17) is 4.74 Å². The van der Waals surface area contributed by atoms with Gasteiger partial charge in [0.15, 0.2) is 0 Å². The number of thiophene rings is 1. The summed E-state index contributed by atoms with van der Waals surface area (Å²) in [4.78, 5) is 0. The van der Waals surface area contributed by atoms with Crippen LogP contribution in [0.1, 0.15) is 18.1 Å². The Morgan fingerprint density at radius 3 is 2.73 bits per heavy atom. The van der Waals surface area contributed by atoms with E-state index < -0.39 is 0 Å². The first kappa shape index (κ1) is 15.0. The molecule has 1 unspecified atom stereocenters. The number of nitrogens with one attached hydrogen (secondary N) is 1. The predicted molar refractivity (Wildman–Crippen MR) is 90.1 cm³/mol. The summed E-state index contributed by atoms with van der Waals surface area (Å²) in [6, 6.07) is 15.1. The maximum atomic E-state index is 13.8. The summed E-state index contributed by atoms with van der Waals surface area (Å²) >= 11 is 1.51. The van der Waals surface area contributed by atoms with Crippen LogP contribution in [0.4, 0.5) is 4.39 Å². The third-order valence-corrected chi connectivity index (χ3v) is 4.55. The SMILES string of the molecule is CNCCC(Oc1ccc(F)c2ccsc12)c1ccccc1. The maximum absolute atomic E-state index is 13.8. The van der Waals surface area contributed by atoms with Gasteiger partial charge in [-0.1, -0.05) is 30.3 Å². The second-order valence-electron chi connectivity index (χ2n) is 5.12. The van der Waals surface area contributed by atoms with Gasteiger partial charge < -0.3 is 10.1 Å². The zero-order chi connectivity index (χ0) is 15.4. The quantitative estimate of drug-likeness (QED) is 0.707. The first-order valence-corrected chi connectivity index (χ1v) is 8.19. The third kappa shape index (κ3) is 3.13. The molecule has 0 saturated heterocycles. The Balaban J connectivity index is 1.92. The molecule has 1 aromatic heterocycles. The van der Waals surface area contributed by atoms with Crippen molar-refractivity contribution in [3.8, 4) is 5.75 Å². The van der Waals surface area contributed by atoms with Crippen molar-refractivity contribution in [1.29, 1.82) is 0 Å². The van der Waals surface area contributed by atoms with Crippen LogP contribution < -0.4 is 10.1 Å². The second kappa shape index (κ2) is 6.90. The number of rotatable bonds is 6. The van der Waals surface area contributed by atoms with E-state index in [1.165, 1.54) is 17.4 Å². The summed E-state index contributed by atoms with van der Waals surface area (Å²) < 4.78 is 20.9. The van der Waals surface area contributed by atoms with Crippen molar-refractivity contribution in [3.05, 3.63) is 65.3 Å². The van der Waals surface area contributed by atoms with Gasteiger partial charge in [-0.15, -0.1) is 11.3 Å². The molecular formula is C18H18FNOS. The van der Waals surface area contributed by atoms with E-state index in [2.05, 4.69) is 17.4 Å². The molecule has 1 heterocycles. The van der Waals surface area contributed by atoms with Crippen LogP contribution in [0.25, 0.3) is 10.1 Å². The van der Waals surface area contributed by atoms with Crippen molar-refractivity contribution in [2.75, 3.05) is 13.6 Å².